The average molecular weight is 544 g/mol. The summed E-state index contributed by atoms with van der Waals surface area (Å²) >= 11 is 6.31. The zero-order valence-corrected chi connectivity index (χ0v) is 22.3. The number of methoxy groups -OCH3 is 1. The zero-order chi connectivity index (χ0) is 26.4. The van der Waals surface area contributed by atoms with E-state index < -0.39 is 16.1 Å². The topological polar surface area (TPSA) is 88.2 Å². The van der Waals surface area contributed by atoms with E-state index >= 15 is 0 Å². The van der Waals surface area contributed by atoms with Gasteiger partial charge in [0.05, 0.1) is 17.0 Å². The van der Waals surface area contributed by atoms with Crippen LogP contribution in [-0.4, -0.2) is 59.1 Å². The fourth-order valence-electron chi connectivity index (χ4n) is 4.11. The van der Waals surface area contributed by atoms with Crippen molar-refractivity contribution < 1.29 is 22.7 Å². The molecule has 1 amide bonds. The van der Waals surface area contributed by atoms with Crippen LogP contribution in [0.25, 0.3) is 0 Å². The largest absolute Gasteiger partial charge is 0.497 e. The molecule has 37 heavy (non-hydrogen) atoms. The number of nitrogens with zero attached hydrogens (tertiary/aromatic N) is 2. The van der Waals surface area contributed by atoms with Crippen LogP contribution in [0.4, 0.5) is 5.69 Å². The van der Waals surface area contributed by atoms with Crippen LogP contribution < -0.4 is 19.1 Å². The van der Waals surface area contributed by atoms with Gasteiger partial charge in [-0.3, -0.25) is 4.79 Å². The number of halogens is 1. The van der Waals surface area contributed by atoms with Crippen LogP contribution in [0.5, 0.6) is 11.5 Å². The second kappa shape index (κ2) is 11.9. The molecular weight excluding hydrogens is 514 g/mol. The number of hydrogen-bond acceptors (Lipinski definition) is 6. The molecule has 4 rings (SSSR count). The van der Waals surface area contributed by atoms with Gasteiger partial charge in [-0.05, 0) is 55.0 Å². The van der Waals surface area contributed by atoms with E-state index in [1.807, 2.05) is 54.6 Å². The predicted octanol–water partition coefficient (Wildman–Crippen LogP) is 4.12. The van der Waals surface area contributed by atoms with E-state index in [4.69, 9.17) is 21.1 Å². The lowest BCUT2D eigenvalue weighted by Gasteiger charge is -2.36. The molecule has 1 atom stereocenters. The molecule has 0 saturated carbocycles. The summed E-state index contributed by atoms with van der Waals surface area (Å²) in [6.07, 6.45) is 0. The minimum atomic E-state index is -3.80. The molecule has 0 radical (unpaired) electrons. The number of carbonyl (C=O) groups is 1. The van der Waals surface area contributed by atoms with Gasteiger partial charge in [0.25, 0.3) is 5.91 Å². The van der Waals surface area contributed by atoms with Crippen molar-refractivity contribution in [3.05, 3.63) is 83.4 Å². The SMILES string of the molecule is COc1ccc(N2CCN(C(=O)COc3ccc(S(=O)(=O)N[C@@H](C)c4ccccc4)cc3Cl)CC2)cc1. The van der Waals surface area contributed by atoms with Crippen molar-refractivity contribution in [3.63, 3.8) is 0 Å². The highest BCUT2D eigenvalue weighted by atomic mass is 35.5. The fraction of sp³-hybridized carbons (Fsp3) is 0.296. The van der Waals surface area contributed by atoms with Crippen molar-refractivity contribution in [3.8, 4) is 11.5 Å². The molecule has 1 N–H and O–H groups in total. The molecule has 1 aliphatic rings. The van der Waals surface area contributed by atoms with E-state index in [1.165, 1.54) is 18.2 Å². The Hall–Kier alpha value is -3.27. The second-order valence-corrected chi connectivity index (χ2v) is 10.8. The first-order chi connectivity index (χ1) is 17.8. The quantitative estimate of drug-likeness (QED) is 0.437. The van der Waals surface area contributed by atoms with Crippen molar-refractivity contribution in [2.24, 2.45) is 0 Å². The lowest BCUT2D eigenvalue weighted by atomic mass is 10.1. The van der Waals surface area contributed by atoms with Crippen molar-refractivity contribution in [2.75, 3.05) is 44.8 Å². The first-order valence-electron chi connectivity index (χ1n) is 11.9. The van der Waals surface area contributed by atoms with Gasteiger partial charge in [-0.1, -0.05) is 41.9 Å². The Morgan fingerprint density at radius 2 is 1.68 bits per heavy atom. The van der Waals surface area contributed by atoms with E-state index in [-0.39, 0.29) is 28.2 Å². The summed E-state index contributed by atoms with van der Waals surface area (Å²) in [6, 6.07) is 20.9. The van der Waals surface area contributed by atoms with Gasteiger partial charge in [-0.25, -0.2) is 13.1 Å². The third-order valence-electron chi connectivity index (χ3n) is 6.27. The normalized spacial score (nSPS) is 14.8. The van der Waals surface area contributed by atoms with Gasteiger partial charge in [0.2, 0.25) is 10.0 Å². The van der Waals surface area contributed by atoms with Crippen LogP contribution in [0.3, 0.4) is 0 Å². The molecule has 1 heterocycles. The standard InChI is InChI=1S/C27H30ClN3O5S/c1-20(21-6-4-3-5-7-21)29-37(33,34)24-12-13-26(25(28)18-24)36-19-27(32)31-16-14-30(15-17-31)22-8-10-23(35-2)11-9-22/h3-13,18,20,29H,14-17,19H2,1-2H3/t20-/m0/s1. The highest BCUT2D eigenvalue weighted by Crippen LogP contribution is 2.28. The van der Waals surface area contributed by atoms with Gasteiger partial charge in [0, 0.05) is 37.9 Å². The molecule has 1 aliphatic heterocycles. The van der Waals surface area contributed by atoms with Crippen LogP contribution in [0.1, 0.15) is 18.5 Å². The summed E-state index contributed by atoms with van der Waals surface area (Å²) in [5, 5.41) is 0.118. The third kappa shape index (κ3) is 6.74. The molecule has 1 saturated heterocycles. The summed E-state index contributed by atoms with van der Waals surface area (Å²) in [6.45, 7) is 4.15. The number of benzene rings is 3. The molecule has 0 aliphatic carbocycles. The van der Waals surface area contributed by atoms with Crippen molar-refractivity contribution in [1.29, 1.82) is 0 Å². The van der Waals surface area contributed by atoms with Crippen LogP contribution >= 0.6 is 11.6 Å². The minimum Gasteiger partial charge on any atom is -0.497 e. The Balaban J connectivity index is 1.30. The lowest BCUT2D eigenvalue weighted by molar-refractivity contribution is -0.133. The number of anilines is 1. The zero-order valence-electron chi connectivity index (χ0n) is 20.8. The molecule has 3 aromatic rings. The molecule has 10 heteroatoms. The van der Waals surface area contributed by atoms with Crippen LogP contribution in [0.15, 0.2) is 77.7 Å². The Labute approximate surface area is 222 Å². The summed E-state index contributed by atoms with van der Waals surface area (Å²) < 4.78 is 39.2. The van der Waals surface area contributed by atoms with E-state index in [0.29, 0.717) is 26.2 Å². The number of carbonyl (C=O) groups excluding carboxylic acids is 1. The highest BCUT2D eigenvalue weighted by molar-refractivity contribution is 7.89. The number of piperazine rings is 1. The third-order valence-corrected chi connectivity index (χ3v) is 8.10. The van der Waals surface area contributed by atoms with Crippen LogP contribution in [-0.2, 0) is 14.8 Å². The molecule has 8 nitrogen and oxygen atoms in total. The van der Waals surface area contributed by atoms with E-state index in [2.05, 4.69) is 9.62 Å². The second-order valence-electron chi connectivity index (χ2n) is 8.70. The smallest absolute Gasteiger partial charge is 0.260 e. The maximum atomic E-state index is 12.8. The summed E-state index contributed by atoms with van der Waals surface area (Å²) in [5.74, 6) is 0.902. The monoisotopic (exact) mass is 543 g/mol. The van der Waals surface area contributed by atoms with Gasteiger partial charge >= 0.3 is 0 Å². The average Bonchev–Trinajstić information content (AvgIpc) is 2.92. The first kappa shape index (κ1) is 26.8. The molecule has 0 bridgehead atoms. The van der Waals surface area contributed by atoms with Crippen molar-refractivity contribution in [2.45, 2.75) is 17.9 Å². The first-order valence-corrected chi connectivity index (χ1v) is 13.8. The van der Waals surface area contributed by atoms with Crippen molar-refractivity contribution in [1.82, 2.24) is 9.62 Å². The number of amides is 1. The minimum absolute atomic E-state index is 0.0219. The molecule has 0 unspecified atom stereocenters. The Bertz CT molecular complexity index is 1310. The highest BCUT2D eigenvalue weighted by Gasteiger charge is 2.23. The van der Waals surface area contributed by atoms with Gasteiger partial charge < -0.3 is 19.3 Å². The Morgan fingerprint density at radius 3 is 2.30 bits per heavy atom. The Morgan fingerprint density at radius 1 is 1.00 bits per heavy atom. The fourth-order valence-corrected chi connectivity index (χ4v) is 5.67. The summed E-state index contributed by atoms with van der Waals surface area (Å²) in [4.78, 5) is 16.7. The number of rotatable bonds is 9. The number of nitrogens with one attached hydrogen (secondary N) is 1. The molecule has 1 fully saturated rings. The molecule has 0 spiro atoms. The number of hydrogen-bond donors (Lipinski definition) is 1. The van der Waals surface area contributed by atoms with Gasteiger partial charge in [0.1, 0.15) is 11.5 Å². The van der Waals surface area contributed by atoms with Gasteiger partial charge in [-0.15, -0.1) is 0 Å². The van der Waals surface area contributed by atoms with E-state index in [9.17, 15) is 13.2 Å². The van der Waals surface area contributed by atoms with E-state index in [0.717, 1.165) is 17.0 Å². The van der Waals surface area contributed by atoms with E-state index in [1.54, 1.807) is 18.9 Å². The molecule has 196 valence electrons. The van der Waals surface area contributed by atoms with Crippen LogP contribution in [0, 0.1) is 0 Å². The molecular formula is C27H30ClN3O5S. The van der Waals surface area contributed by atoms with Crippen molar-refractivity contribution >= 4 is 33.2 Å². The van der Waals surface area contributed by atoms with Crippen LogP contribution in [0.2, 0.25) is 5.02 Å². The maximum absolute atomic E-state index is 12.8. The summed E-state index contributed by atoms with van der Waals surface area (Å²) in [7, 11) is -2.17. The Kier molecular flexibility index (Phi) is 8.58. The number of sulfonamides is 1. The maximum Gasteiger partial charge on any atom is 0.260 e. The lowest BCUT2D eigenvalue weighted by Crippen LogP contribution is -2.50. The number of ether oxygens (including phenoxy) is 2. The molecule has 3 aromatic carbocycles. The summed E-state index contributed by atoms with van der Waals surface area (Å²) in [5.41, 5.74) is 1.93. The predicted molar refractivity (Wildman–Crippen MR) is 144 cm³/mol. The van der Waals surface area contributed by atoms with Gasteiger partial charge in [0.15, 0.2) is 6.61 Å². The van der Waals surface area contributed by atoms with Gasteiger partial charge in [-0.2, -0.15) is 0 Å². The molecule has 0 aromatic heterocycles.